The van der Waals surface area contributed by atoms with Gasteiger partial charge in [-0.15, -0.1) is 0 Å². The van der Waals surface area contributed by atoms with Crippen molar-refractivity contribution in [3.63, 3.8) is 0 Å². The summed E-state index contributed by atoms with van der Waals surface area (Å²) in [6.45, 7) is 6.33. The lowest BCUT2D eigenvalue weighted by atomic mass is 9.88. The molecule has 0 radical (unpaired) electrons. The molecule has 0 bridgehead atoms. The zero-order valence-electron chi connectivity index (χ0n) is 14.1. The molecule has 1 aliphatic heterocycles. The van der Waals surface area contributed by atoms with Gasteiger partial charge in [-0.2, -0.15) is 0 Å². The summed E-state index contributed by atoms with van der Waals surface area (Å²) in [5.74, 6) is -0.271. The molecule has 0 aromatic carbocycles. The van der Waals surface area contributed by atoms with Gasteiger partial charge in [-0.25, -0.2) is 0 Å². The highest BCUT2D eigenvalue weighted by atomic mass is 16.6. The van der Waals surface area contributed by atoms with Crippen LogP contribution in [0.15, 0.2) is 5.16 Å². The van der Waals surface area contributed by atoms with E-state index in [1.54, 1.807) is 0 Å². The first-order valence-electron chi connectivity index (χ1n) is 8.42. The lowest BCUT2D eigenvalue weighted by Gasteiger charge is -2.19. The maximum Gasteiger partial charge on any atom is 0.318 e. The fraction of sp³-hybridized carbons (Fsp3) is 0.882. The number of nitrogens with zero attached hydrogens (tertiary/aromatic N) is 1. The second-order valence-corrected chi connectivity index (χ2v) is 6.27. The summed E-state index contributed by atoms with van der Waals surface area (Å²) in [6, 6.07) is 0. The average molecular weight is 297 g/mol. The summed E-state index contributed by atoms with van der Waals surface area (Å²) in [6.07, 6.45) is 9.48. The maximum atomic E-state index is 12.0. The van der Waals surface area contributed by atoms with E-state index in [4.69, 9.17) is 9.57 Å². The summed E-state index contributed by atoms with van der Waals surface area (Å²) in [5.41, 5.74) is 0.870. The Morgan fingerprint density at radius 2 is 1.81 bits per heavy atom. The minimum absolute atomic E-state index is 0.169. The molecule has 0 amide bonds. The summed E-state index contributed by atoms with van der Waals surface area (Å²) < 4.78 is 4.92. The van der Waals surface area contributed by atoms with Crippen molar-refractivity contribution in [1.29, 1.82) is 0 Å². The molecule has 4 nitrogen and oxygen atoms in total. The molecular weight excluding hydrogens is 266 g/mol. The molecular formula is C17H31NO3. The van der Waals surface area contributed by atoms with Crippen LogP contribution in [0.2, 0.25) is 0 Å². The fourth-order valence-corrected chi connectivity index (χ4v) is 2.80. The Bertz CT molecular complexity index is 339. The van der Waals surface area contributed by atoms with Crippen molar-refractivity contribution < 1.29 is 14.4 Å². The molecule has 21 heavy (non-hydrogen) atoms. The molecule has 0 N–H and O–H groups in total. The Morgan fingerprint density at radius 1 is 1.19 bits per heavy atom. The molecule has 1 heterocycles. The Morgan fingerprint density at radius 3 is 2.38 bits per heavy atom. The normalized spacial score (nSPS) is 21.3. The molecule has 1 rings (SSSR count). The second kappa shape index (κ2) is 9.80. The van der Waals surface area contributed by atoms with Gasteiger partial charge in [-0.3, -0.25) is 4.79 Å². The number of oxime groups is 1. The SMILES string of the molecule is CCCCCCCCCC1=NO[C@H](C(C)C)[C@H]1C(=O)OC. The Hall–Kier alpha value is -1.06. The predicted molar refractivity (Wildman–Crippen MR) is 85.3 cm³/mol. The Labute approximate surface area is 129 Å². The van der Waals surface area contributed by atoms with Crippen molar-refractivity contribution in [2.75, 3.05) is 7.11 Å². The molecule has 0 unspecified atom stereocenters. The van der Waals surface area contributed by atoms with Crippen LogP contribution in [-0.4, -0.2) is 24.9 Å². The number of rotatable bonds is 10. The van der Waals surface area contributed by atoms with Crippen LogP contribution in [-0.2, 0) is 14.4 Å². The average Bonchev–Trinajstić information content (AvgIpc) is 2.89. The lowest BCUT2D eigenvalue weighted by Crippen LogP contribution is -2.35. The third-order valence-electron chi connectivity index (χ3n) is 4.13. The molecule has 0 saturated heterocycles. The van der Waals surface area contributed by atoms with Crippen LogP contribution in [0, 0.1) is 11.8 Å². The molecule has 0 aromatic rings. The van der Waals surface area contributed by atoms with Gasteiger partial charge >= 0.3 is 5.97 Å². The summed E-state index contributed by atoms with van der Waals surface area (Å²) in [7, 11) is 1.43. The monoisotopic (exact) mass is 297 g/mol. The van der Waals surface area contributed by atoms with Gasteiger partial charge in [0.15, 0.2) is 0 Å². The van der Waals surface area contributed by atoms with Gasteiger partial charge in [0.2, 0.25) is 0 Å². The van der Waals surface area contributed by atoms with Gasteiger partial charge in [-0.1, -0.05) is 64.5 Å². The number of unbranched alkanes of at least 4 members (excludes halogenated alkanes) is 6. The van der Waals surface area contributed by atoms with E-state index in [-0.39, 0.29) is 23.9 Å². The molecule has 0 fully saturated rings. The number of carbonyl (C=O) groups excluding carboxylic acids is 1. The molecule has 2 atom stereocenters. The first-order chi connectivity index (χ1) is 10.1. The van der Waals surface area contributed by atoms with E-state index in [0.717, 1.165) is 18.6 Å². The first-order valence-corrected chi connectivity index (χ1v) is 8.42. The van der Waals surface area contributed by atoms with E-state index >= 15 is 0 Å². The molecule has 4 heteroatoms. The second-order valence-electron chi connectivity index (χ2n) is 6.27. The Balaban J connectivity index is 2.34. The van der Waals surface area contributed by atoms with Crippen LogP contribution in [0.1, 0.15) is 72.1 Å². The molecule has 0 saturated carbocycles. The van der Waals surface area contributed by atoms with Gasteiger partial charge < -0.3 is 9.57 Å². The van der Waals surface area contributed by atoms with Gasteiger partial charge in [0.25, 0.3) is 0 Å². The van der Waals surface area contributed by atoms with Crippen LogP contribution in [0.3, 0.4) is 0 Å². The van der Waals surface area contributed by atoms with Crippen LogP contribution in [0.4, 0.5) is 0 Å². The number of methoxy groups -OCH3 is 1. The van der Waals surface area contributed by atoms with E-state index in [1.807, 2.05) is 13.8 Å². The standard InChI is InChI=1S/C17H31NO3/c1-5-6-7-8-9-10-11-12-14-15(17(19)20-4)16(13(2)3)21-18-14/h13,15-16H,5-12H2,1-4H3/t15-,16+/m0/s1. The Kier molecular flexibility index (Phi) is 8.40. The van der Waals surface area contributed by atoms with Crippen molar-refractivity contribution >= 4 is 11.7 Å². The van der Waals surface area contributed by atoms with Crippen LogP contribution >= 0.6 is 0 Å². The van der Waals surface area contributed by atoms with Crippen molar-refractivity contribution in [2.45, 2.75) is 78.2 Å². The summed E-state index contributed by atoms with van der Waals surface area (Å²) in [4.78, 5) is 17.4. The van der Waals surface area contributed by atoms with Crippen molar-refractivity contribution in [2.24, 2.45) is 17.0 Å². The molecule has 0 aliphatic carbocycles. The van der Waals surface area contributed by atoms with Crippen molar-refractivity contribution in [3.8, 4) is 0 Å². The molecule has 122 valence electrons. The maximum absolute atomic E-state index is 12.0. The molecule has 0 spiro atoms. The predicted octanol–water partition coefficient (Wildman–Crippen LogP) is 4.33. The van der Waals surface area contributed by atoms with Crippen molar-refractivity contribution in [3.05, 3.63) is 0 Å². The molecule has 1 aliphatic rings. The van der Waals surface area contributed by atoms with Gasteiger partial charge in [0.05, 0.1) is 12.8 Å². The van der Waals surface area contributed by atoms with E-state index < -0.39 is 0 Å². The number of esters is 1. The van der Waals surface area contributed by atoms with E-state index in [9.17, 15) is 4.79 Å². The highest BCUT2D eigenvalue weighted by molar-refractivity contribution is 6.03. The fourth-order valence-electron chi connectivity index (χ4n) is 2.80. The van der Waals surface area contributed by atoms with Gasteiger partial charge in [0.1, 0.15) is 12.0 Å². The smallest absolute Gasteiger partial charge is 0.318 e. The summed E-state index contributed by atoms with van der Waals surface area (Å²) in [5, 5.41) is 4.15. The minimum atomic E-state index is -0.310. The number of ether oxygens (including phenoxy) is 1. The zero-order chi connectivity index (χ0) is 15.7. The first kappa shape index (κ1) is 18.0. The van der Waals surface area contributed by atoms with Crippen LogP contribution in [0.25, 0.3) is 0 Å². The lowest BCUT2D eigenvalue weighted by molar-refractivity contribution is -0.147. The van der Waals surface area contributed by atoms with Crippen LogP contribution < -0.4 is 0 Å². The van der Waals surface area contributed by atoms with E-state index in [0.29, 0.717) is 0 Å². The number of carbonyl (C=O) groups is 1. The number of hydrogen-bond acceptors (Lipinski definition) is 4. The topological polar surface area (TPSA) is 47.9 Å². The van der Waals surface area contributed by atoms with Gasteiger partial charge in [-0.05, 0) is 18.8 Å². The minimum Gasteiger partial charge on any atom is -0.468 e. The van der Waals surface area contributed by atoms with Gasteiger partial charge in [0, 0.05) is 0 Å². The number of hydrogen-bond donors (Lipinski definition) is 0. The largest absolute Gasteiger partial charge is 0.468 e. The zero-order valence-corrected chi connectivity index (χ0v) is 14.1. The van der Waals surface area contributed by atoms with E-state index in [1.165, 1.54) is 45.6 Å². The van der Waals surface area contributed by atoms with E-state index in [2.05, 4.69) is 12.1 Å². The third kappa shape index (κ3) is 5.68. The third-order valence-corrected chi connectivity index (χ3v) is 4.13. The quantitative estimate of drug-likeness (QED) is 0.445. The van der Waals surface area contributed by atoms with Crippen LogP contribution in [0.5, 0.6) is 0 Å². The summed E-state index contributed by atoms with van der Waals surface area (Å²) >= 11 is 0. The highest BCUT2D eigenvalue weighted by Crippen LogP contribution is 2.28. The molecule has 0 aromatic heterocycles. The highest BCUT2D eigenvalue weighted by Gasteiger charge is 2.41. The van der Waals surface area contributed by atoms with Crippen molar-refractivity contribution in [1.82, 2.24) is 0 Å².